The van der Waals surface area contributed by atoms with Crippen molar-refractivity contribution in [3.63, 3.8) is 0 Å². The van der Waals surface area contributed by atoms with Gasteiger partial charge in [-0.2, -0.15) is 0 Å². The number of hydrogen-bond donors (Lipinski definition) is 8. The van der Waals surface area contributed by atoms with Crippen LogP contribution in [0.2, 0.25) is 0 Å². The monoisotopic (exact) mass is 532 g/mol. The van der Waals surface area contributed by atoms with Crippen molar-refractivity contribution in [2.75, 3.05) is 59.5 Å². The summed E-state index contributed by atoms with van der Waals surface area (Å²) in [5, 5.41) is 53.4. The van der Waals surface area contributed by atoms with Crippen molar-refractivity contribution in [1.82, 2.24) is 10.6 Å². The van der Waals surface area contributed by atoms with E-state index in [1.807, 2.05) is 0 Å². The quantitative estimate of drug-likeness (QED) is 0.0636. The highest BCUT2D eigenvalue weighted by molar-refractivity contribution is 7.52. The zero-order valence-electron chi connectivity index (χ0n) is 19.7. The molecule has 8 N–H and O–H groups in total. The van der Waals surface area contributed by atoms with Crippen molar-refractivity contribution in [3.05, 3.63) is 0 Å². The molecule has 0 radical (unpaired) electrons. The Morgan fingerprint density at radius 2 is 1.71 bits per heavy atom. The molecule has 1 aliphatic rings. The Morgan fingerprint density at radius 3 is 2.29 bits per heavy atom. The summed E-state index contributed by atoms with van der Waals surface area (Å²) in [5.41, 5.74) is -2.07. The molecule has 0 spiro atoms. The Balaban J connectivity index is 2.50. The van der Waals surface area contributed by atoms with Gasteiger partial charge in [-0.1, -0.05) is 0 Å². The molecule has 1 aliphatic heterocycles. The molecule has 1 saturated heterocycles. The van der Waals surface area contributed by atoms with Crippen LogP contribution < -0.4 is 10.6 Å². The number of amides is 1. The predicted molar refractivity (Wildman–Crippen MR) is 119 cm³/mol. The number of carboxylic acids is 1. The SMILES string of the molecule is COCCOCCOCC(=O)NC(C)(COP(=O)(O)C[C@H](O)C[C@H]1N[C@H](CO)[C@@H](O)[C@@H]1O)C(=O)O. The molecule has 206 valence electrons. The molecule has 16 heteroatoms. The van der Waals surface area contributed by atoms with E-state index in [1.165, 1.54) is 7.11 Å². The van der Waals surface area contributed by atoms with E-state index in [0.29, 0.717) is 13.2 Å². The maximum Gasteiger partial charge on any atom is 0.331 e. The molecule has 1 heterocycles. The number of aliphatic hydroxyl groups is 4. The average Bonchev–Trinajstić information content (AvgIpc) is 3.04. The lowest BCUT2D eigenvalue weighted by Gasteiger charge is -2.28. The topological polar surface area (TPSA) is 234 Å². The molecule has 0 aromatic rings. The number of ether oxygens (including phenoxy) is 3. The number of nitrogens with one attached hydrogen (secondary N) is 2. The first-order valence-corrected chi connectivity index (χ1v) is 12.7. The number of carbonyl (C=O) groups excluding carboxylic acids is 1. The van der Waals surface area contributed by atoms with Crippen LogP contribution in [0, 0.1) is 0 Å². The summed E-state index contributed by atoms with van der Waals surface area (Å²) in [5.74, 6) is -2.34. The van der Waals surface area contributed by atoms with Crippen LogP contribution in [0.5, 0.6) is 0 Å². The molecular weight excluding hydrogens is 495 g/mol. The van der Waals surface area contributed by atoms with Gasteiger partial charge in [0, 0.05) is 13.2 Å². The van der Waals surface area contributed by atoms with Crippen molar-refractivity contribution >= 4 is 19.5 Å². The van der Waals surface area contributed by atoms with Gasteiger partial charge in [-0.25, -0.2) is 4.79 Å². The van der Waals surface area contributed by atoms with Crippen molar-refractivity contribution < 1.29 is 63.3 Å². The second kappa shape index (κ2) is 15.1. The van der Waals surface area contributed by atoms with E-state index in [9.17, 15) is 39.5 Å². The first-order valence-electron chi connectivity index (χ1n) is 10.9. The number of carbonyl (C=O) groups is 2. The van der Waals surface area contributed by atoms with E-state index in [0.717, 1.165) is 6.92 Å². The van der Waals surface area contributed by atoms with Gasteiger partial charge in [0.2, 0.25) is 5.91 Å². The minimum atomic E-state index is -4.53. The molecule has 0 aromatic carbocycles. The van der Waals surface area contributed by atoms with Crippen molar-refractivity contribution in [2.24, 2.45) is 0 Å². The summed E-state index contributed by atoms with van der Waals surface area (Å²) in [6, 6.07) is -1.67. The molecule has 2 unspecified atom stereocenters. The van der Waals surface area contributed by atoms with E-state index >= 15 is 0 Å². The van der Waals surface area contributed by atoms with Crippen LogP contribution in [0.3, 0.4) is 0 Å². The molecule has 1 amide bonds. The van der Waals surface area contributed by atoms with Gasteiger partial charge in [-0.05, 0) is 13.3 Å². The molecule has 1 rings (SSSR count). The van der Waals surface area contributed by atoms with Crippen molar-refractivity contribution in [1.29, 1.82) is 0 Å². The third-order valence-corrected chi connectivity index (χ3v) is 6.66. The van der Waals surface area contributed by atoms with Crippen LogP contribution in [0.1, 0.15) is 13.3 Å². The third-order valence-electron chi connectivity index (χ3n) is 5.25. The van der Waals surface area contributed by atoms with Crippen LogP contribution in [0.4, 0.5) is 0 Å². The molecule has 35 heavy (non-hydrogen) atoms. The van der Waals surface area contributed by atoms with E-state index in [-0.39, 0.29) is 19.6 Å². The van der Waals surface area contributed by atoms with Gasteiger partial charge in [0.25, 0.3) is 0 Å². The highest BCUT2D eigenvalue weighted by Gasteiger charge is 2.42. The largest absolute Gasteiger partial charge is 0.479 e. The first kappa shape index (κ1) is 31.8. The second-order valence-electron chi connectivity index (χ2n) is 8.37. The van der Waals surface area contributed by atoms with Crippen molar-refractivity contribution in [2.45, 2.75) is 49.3 Å². The Bertz CT molecular complexity index is 714. The van der Waals surface area contributed by atoms with E-state index in [1.54, 1.807) is 0 Å². The smallest absolute Gasteiger partial charge is 0.331 e. The van der Waals surface area contributed by atoms with Gasteiger partial charge in [0.15, 0.2) is 5.54 Å². The second-order valence-corrected chi connectivity index (χ2v) is 10.3. The minimum Gasteiger partial charge on any atom is -0.479 e. The van der Waals surface area contributed by atoms with Gasteiger partial charge < -0.3 is 59.8 Å². The van der Waals surface area contributed by atoms with Gasteiger partial charge in [-0.3, -0.25) is 9.36 Å². The van der Waals surface area contributed by atoms with Crippen LogP contribution in [0.25, 0.3) is 0 Å². The lowest BCUT2D eigenvalue weighted by molar-refractivity contribution is -0.149. The molecule has 7 atom stereocenters. The molecule has 1 fully saturated rings. The lowest BCUT2D eigenvalue weighted by Crippen LogP contribution is -2.56. The average molecular weight is 532 g/mol. The fourth-order valence-corrected chi connectivity index (χ4v) is 4.50. The van der Waals surface area contributed by atoms with Crippen LogP contribution in [-0.4, -0.2) is 138 Å². The number of rotatable bonds is 18. The Kier molecular flexibility index (Phi) is 13.7. The molecule has 0 saturated carbocycles. The molecule has 15 nitrogen and oxygen atoms in total. The summed E-state index contributed by atoms with van der Waals surface area (Å²) < 4.78 is 32.3. The Hall–Kier alpha value is -1.23. The Morgan fingerprint density at radius 1 is 1.11 bits per heavy atom. The third kappa shape index (κ3) is 11.1. The number of aliphatic hydroxyl groups excluding tert-OH is 4. The zero-order chi connectivity index (χ0) is 26.6. The van der Waals surface area contributed by atoms with Crippen LogP contribution >= 0.6 is 7.60 Å². The summed E-state index contributed by atoms with van der Waals surface area (Å²) in [6.45, 7) is 0.259. The maximum atomic E-state index is 12.4. The predicted octanol–water partition coefficient (Wildman–Crippen LogP) is -3.37. The standard InChI is InChI=1S/C19H37N2O13P/c1-19(18(27)28,21-15(24)9-33-6-5-32-4-3-31-2)11-34-35(29,30)10-12(23)7-13-16(25)17(26)14(8-22)20-13/h12-14,16-17,20,22-23,25-26H,3-11H2,1-2H3,(H,21,24)(H,27,28)(H,29,30)/t12-,13-,14-,16-,17-,19?/m1/s1. The van der Waals surface area contributed by atoms with Gasteiger partial charge in [0.1, 0.15) is 6.61 Å². The Labute approximate surface area is 202 Å². The van der Waals surface area contributed by atoms with E-state index in [2.05, 4.69) is 10.6 Å². The van der Waals surface area contributed by atoms with Crippen LogP contribution in [0.15, 0.2) is 0 Å². The number of carboxylic acid groups (broad SMARTS) is 1. The fraction of sp³-hybridized carbons (Fsp3) is 0.895. The van der Waals surface area contributed by atoms with Gasteiger partial charge in [0.05, 0.1) is 70.2 Å². The highest BCUT2D eigenvalue weighted by atomic mass is 31.2. The van der Waals surface area contributed by atoms with Gasteiger partial charge >= 0.3 is 13.6 Å². The summed E-state index contributed by atoms with van der Waals surface area (Å²) >= 11 is 0. The summed E-state index contributed by atoms with van der Waals surface area (Å²) in [7, 11) is -3.01. The van der Waals surface area contributed by atoms with Gasteiger partial charge in [-0.15, -0.1) is 0 Å². The molecule has 0 bridgehead atoms. The maximum absolute atomic E-state index is 12.4. The highest BCUT2D eigenvalue weighted by Crippen LogP contribution is 2.44. The van der Waals surface area contributed by atoms with Crippen LogP contribution in [-0.2, 0) is 32.9 Å². The summed E-state index contributed by atoms with van der Waals surface area (Å²) in [4.78, 5) is 33.8. The number of aliphatic carboxylic acids is 1. The fourth-order valence-electron chi connectivity index (χ4n) is 3.26. The molecule has 0 aliphatic carbocycles. The lowest BCUT2D eigenvalue weighted by atomic mass is 10.0. The number of methoxy groups -OCH3 is 1. The van der Waals surface area contributed by atoms with Crippen molar-refractivity contribution in [3.8, 4) is 0 Å². The molecular formula is C19H37N2O13P. The zero-order valence-corrected chi connectivity index (χ0v) is 20.6. The van der Waals surface area contributed by atoms with E-state index in [4.69, 9.17) is 23.8 Å². The molecule has 0 aromatic heterocycles. The first-order chi connectivity index (χ1) is 16.3. The normalized spacial score (nSPS) is 26.6. The van der Waals surface area contributed by atoms with E-state index < -0.39 is 81.4 Å². The minimum absolute atomic E-state index is 0.0712. The number of hydrogen-bond acceptors (Lipinski definition) is 12. The summed E-state index contributed by atoms with van der Waals surface area (Å²) in [6.07, 6.45) is -5.10.